The number of nitrogens with one attached hydrogen (secondary N) is 2. The van der Waals surface area contributed by atoms with E-state index in [0.717, 1.165) is 38.2 Å². The van der Waals surface area contributed by atoms with Gasteiger partial charge in [0, 0.05) is 13.0 Å². The molecule has 1 aliphatic rings. The maximum absolute atomic E-state index is 11.7. The Hall–Kier alpha value is -0.220. The van der Waals surface area contributed by atoms with E-state index in [-0.39, 0.29) is 5.91 Å². The molecular weight excluding hydrogens is 232 g/mol. The SMILES string of the molecule is CSCCCCC(=O)NCC1(C)CCNCC1. The average molecular weight is 258 g/mol. The second-order valence-electron chi connectivity index (χ2n) is 5.29. The molecule has 1 saturated heterocycles. The van der Waals surface area contributed by atoms with Crippen LogP contribution in [0.3, 0.4) is 0 Å². The highest BCUT2D eigenvalue weighted by atomic mass is 32.2. The predicted molar refractivity (Wildman–Crippen MR) is 75.5 cm³/mol. The van der Waals surface area contributed by atoms with Gasteiger partial charge in [0.25, 0.3) is 0 Å². The monoisotopic (exact) mass is 258 g/mol. The molecule has 100 valence electrons. The number of rotatable bonds is 7. The molecule has 1 aliphatic heterocycles. The van der Waals surface area contributed by atoms with E-state index in [9.17, 15) is 4.79 Å². The summed E-state index contributed by atoms with van der Waals surface area (Å²) in [6.07, 6.45) is 7.30. The minimum Gasteiger partial charge on any atom is -0.356 e. The van der Waals surface area contributed by atoms with Crippen molar-refractivity contribution in [2.75, 3.05) is 31.6 Å². The maximum Gasteiger partial charge on any atom is 0.220 e. The van der Waals surface area contributed by atoms with Gasteiger partial charge in [0.15, 0.2) is 0 Å². The van der Waals surface area contributed by atoms with E-state index < -0.39 is 0 Å². The van der Waals surface area contributed by atoms with E-state index in [0.29, 0.717) is 11.8 Å². The molecule has 3 nitrogen and oxygen atoms in total. The van der Waals surface area contributed by atoms with Gasteiger partial charge in [-0.15, -0.1) is 0 Å². The Balaban J connectivity index is 2.10. The minimum absolute atomic E-state index is 0.228. The molecule has 0 bridgehead atoms. The number of carbonyl (C=O) groups is 1. The quantitative estimate of drug-likeness (QED) is 0.687. The van der Waals surface area contributed by atoms with Crippen LogP contribution in [0.5, 0.6) is 0 Å². The van der Waals surface area contributed by atoms with Crippen LogP contribution in [-0.4, -0.2) is 37.6 Å². The first-order chi connectivity index (χ1) is 8.16. The summed E-state index contributed by atoms with van der Waals surface area (Å²) in [5.74, 6) is 1.39. The van der Waals surface area contributed by atoms with Crippen LogP contribution in [0, 0.1) is 5.41 Å². The van der Waals surface area contributed by atoms with Crippen molar-refractivity contribution in [1.82, 2.24) is 10.6 Å². The number of carbonyl (C=O) groups excluding carboxylic acids is 1. The van der Waals surface area contributed by atoms with Gasteiger partial charge in [0.1, 0.15) is 0 Å². The van der Waals surface area contributed by atoms with Crippen LogP contribution in [0.1, 0.15) is 39.0 Å². The number of thioether (sulfide) groups is 1. The smallest absolute Gasteiger partial charge is 0.220 e. The molecule has 2 N–H and O–H groups in total. The summed E-state index contributed by atoms with van der Waals surface area (Å²) >= 11 is 1.85. The van der Waals surface area contributed by atoms with Gasteiger partial charge >= 0.3 is 0 Å². The Morgan fingerprint density at radius 1 is 1.35 bits per heavy atom. The Kier molecular flexibility index (Phi) is 6.97. The van der Waals surface area contributed by atoms with Gasteiger partial charge in [-0.1, -0.05) is 6.92 Å². The van der Waals surface area contributed by atoms with Crippen LogP contribution < -0.4 is 10.6 Å². The van der Waals surface area contributed by atoms with Crippen LogP contribution >= 0.6 is 11.8 Å². The van der Waals surface area contributed by atoms with Gasteiger partial charge in [-0.3, -0.25) is 4.79 Å². The molecule has 1 fully saturated rings. The summed E-state index contributed by atoms with van der Waals surface area (Å²) in [7, 11) is 0. The topological polar surface area (TPSA) is 41.1 Å². The van der Waals surface area contributed by atoms with Gasteiger partial charge in [-0.25, -0.2) is 0 Å². The molecular formula is C13H26N2OS. The number of hydrogen-bond acceptors (Lipinski definition) is 3. The zero-order valence-corrected chi connectivity index (χ0v) is 12.0. The van der Waals surface area contributed by atoms with Crippen LogP contribution in [0.25, 0.3) is 0 Å². The zero-order chi connectivity index (χ0) is 12.6. The maximum atomic E-state index is 11.7. The van der Waals surface area contributed by atoms with Crippen LogP contribution in [-0.2, 0) is 4.79 Å². The van der Waals surface area contributed by atoms with Crippen molar-refractivity contribution in [3.63, 3.8) is 0 Å². The van der Waals surface area contributed by atoms with E-state index in [2.05, 4.69) is 23.8 Å². The molecule has 0 atom stereocenters. The molecule has 1 heterocycles. The molecule has 0 aromatic rings. The lowest BCUT2D eigenvalue weighted by molar-refractivity contribution is -0.121. The summed E-state index contributed by atoms with van der Waals surface area (Å²) in [6.45, 7) is 5.29. The third-order valence-electron chi connectivity index (χ3n) is 3.53. The third-order valence-corrected chi connectivity index (χ3v) is 4.22. The predicted octanol–water partition coefficient (Wildman–Crippen LogP) is 2.03. The van der Waals surface area contributed by atoms with Gasteiger partial charge < -0.3 is 10.6 Å². The minimum atomic E-state index is 0.228. The fraction of sp³-hybridized carbons (Fsp3) is 0.923. The van der Waals surface area contributed by atoms with Gasteiger partial charge in [-0.2, -0.15) is 11.8 Å². The molecule has 17 heavy (non-hydrogen) atoms. The molecule has 1 rings (SSSR count). The third kappa shape index (κ3) is 6.32. The highest BCUT2D eigenvalue weighted by Gasteiger charge is 2.26. The molecule has 0 radical (unpaired) electrons. The second-order valence-corrected chi connectivity index (χ2v) is 6.27. The summed E-state index contributed by atoms with van der Waals surface area (Å²) < 4.78 is 0. The molecule has 1 amide bonds. The molecule has 0 aliphatic carbocycles. The Labute approximate surface area is 109 Å². The first-order valence-electron chi connectivity index (χ1n) is 6.63. The highest BCUT2D eigenvalue weighted by Crippen LogP contribution is 2.26. The highest BCUT2D eigenvalue weighted by molar-refractivity contribution is 7.98. The van der Waals surface area contributed by atoms with Crippen molar-refractivity contribution in [1.29, 1.82) is 0 Å². The normalized spacial score (nSPS) is 18.9. The number of unbranched alkanes of at least 4 members (excludes halogenated alkanes) is 1. The van der Waals surface area contributed by atoms with Crippen LogP contribution in [0.4, 0.5) is 0 Å². The summed E-state index contributed by atoms with van der Waals surface area (Å²) in [5, 5.41) is 6.46. The van der Waals surface area contributed by atoms with E-state index >= 15 is 0 Å². The van der Waals surface area contributed by atoms with Crippen molar-refractivity contribution in [2.24, 2.45) is 5.41 Å². The first kappa shape index (κ1) is 14.8. The summed E-state index contributed by atoms with van der Waals surface area (Å²) in [6, 6.07) is 0. The second kappa shape index (κ2) is 7.98. The molecule has 0 spiro atoms. The molecule has 4 heteroatoms. The van der Waals surface area contributed by atoms with E-state index in [1.165, 1.54) is 12.8 Å². The molecule has 0 aromatic heterocycles. The fourth-order valence-electron chi connectivity index (χ4n) is 2.14. The van der Waals surface area contributed by atoms with E-state index in [4.69, 9.17) is 0 Å². The van der Waals surface area contributed by atoms with Crippen molar-refractivity contribution in [2.45, 2.75) is 39.0 Å². The largest absolute Gasteiger partial charge is 0.356 e. The number of amides is 1. The molecule has 0 unspecified atom stereocenters. The Bertz CT molecular complexity index is 227. The number of hydrogen-bond donors (Lipinski definition) is 2. The lowest BCUT2D eigenvalue weighted by Crippen LogP contribution is -2.42. The zero-order valence-electron chi connectivity index (χ0n) is 11.2. The summed E-state index contributed by atoms with van der Waals surface area (Å²) in [4.78, 5) is 11.7. The Morgan fingerprint density at radius 3 is 2.71 bits per heavy atom. The van der Waals surface area contributed by atoms with E-state index in [1.54, 1.807) is 0 Å². The van der Waals surface area contributed by atoms with Crippen LogP contribution in [0.2, 0.25) is 0 Å². The molecule has 0 aromatic carbocycles. The molecule has 0 saturated carbocycles. The van der Waals surface area contributed by atoms with Crippen molar-refractivity contribution < 1.29 is 4.79 Å². The van der Waals surface area contributed by atoms with Gasteiger partial charge in [-0.05, 0) is 56.2 Å². The van der Waals surface area contributed by atoms with Crippen molar-refractivity contribution in [3.05, 3.63) is 0 Å². The first-order valence-corrected chi connectivity index (χ1v) is 8.02. The van der Waals surface area contributed by atoms with Gasteiger partial charge in [0.05, 0.1) is 0 Å². The lowest BCUT2D eigenvalue weighted by Gasteiger charge is -2.34. The van der Waals surface area contributed by atoms with Gasteiger partial charge in [0.2, 0.25) is 5.91 Å². The lowest BCUT2D eigenvalue weighted by atomic mass is 9.81. The fourth-order valence-corrected chi connectivity index (χ4v) is 2.63. The standard InChI is InChI=1S/C13H26N2OS/c1-13(6-8-14-9-7-13)11-15-12(16)5-3-4-10-17-2/h14H,3-11H2,1-2H3,(H,15,16). The summed E-state index contributed by atoms with van der Waals surface area (Å²) in [5.41, 5.74) is 0.306. The van der Waals surface area contributed by atoms with Crippen molar-refractivity contribution >= 4 is 17.7 Å². The van der Waals surface area contributed by atoms with Crippen molar-refractivity contribution in [3.8, 4) is 0 Å². The number of piperidine rings is 1. The van der Waals surface area contributed by atoms with Crippen LogP contribution in [0.15, 0.2) is 0 Å². The Morgan fingerprint density at radius 2 is 2.06 bits per heavy atom. The van der Waals surface area contributed by atoms with E-state index in [1.807, 2.05) is 11.8 Å². The average Bonchev–Trinajstić information content (AvgIpc) is 2.33.